The lowest BCUT2D eigenvalue weighted by Gasteiger charge is -2.27. The van der Waals surface area contributed by atoms with Crippen molar-refractivity contribution in [2.24, 2.45) is 0 Å². The first-order valence-electron chi connectivity index (χ1n) is 6.06. The highest BCUT2D eigenvalue weighted by Gasteiger charge is 2.23. The number of carbonyl (C=O) groups excluding carboxylic acids is 1. The van der Waals surface area contributed by atoms with Crippen molar-refractivity contribution in [1.82, 2.24) is 10.2 Å². The molecule has 1 aromatic rings. The van der Waals surface area contributed by atoms with Gasteiger partial charge in [-0.25, -0.2) is 0 Å². The number of halogens is 2. The lowest BCUT2D eigenvalue weighted by Crippen LogP contribution is -2.41. The highest BCUT2D eigenvalue weighted by Crippen LogP contribution is 2.23. The van der Waals surface area contributed by atoms with Crippen LogP contribution >= 0.6 is 23.2 Å². The van der Waals surface area contributed by atoms with Gasteiger partial charge in [0.25, 0.3) is 5.91 Å². The van der Waals surface area contributed by atoms with Crippen LogP contribution in [0.5, 0.6) is 0 Å². The summed E-state index contributed by atoms with van der Waals surface area (Å²) in [6.45, 7) is 4.60. The third-order valence-corrected chi connectivity index (χ3v) is 3.89. The van der Waals surface area contributed by atoms with Crippen LogP contribution in [0.15, 0.2) is 18.2 Å². The van der Waals surface area contributed by atoms with E-state index in [0.29, 0.717) is 15.6 Å². The van der Waals surface area contributed by atoms with Crippen LogP contribution in [-0.2, 0) is 0 Å². The van der Waals surface area contributed by atoms with Crippen LogP contribution in [0.4, 0.5) is 0 Å². The van der Waals surface area contributed by atoms with E-state index < -0.39 is 0 Å². The maximum atomic E-state index is 12.4. The Hall–Kier alpha value is -0.770. The highest BCUT2D eigenvalue weighted by molar-refractivity contribution is 6.42. The Bertz CT molecular complexity index is 451. The molecule has 0 bridgehead atoms. The lowest BCUT2D eigenvalue weighted by atomic mass is 10.1. The quantitative estimate of drug-likeness (QED) is 0.861. The molecule has 1 unspecified atom stereocenters. The van der Waals surface area contributed by atoms with E-state index in [1.54, 1.807) is 18.2 Å². The van der Waals surface area contributed by atoms with Crippen molar-refractivity contribution in [3.63, 3.8) is 0 Å². The second-order valence-electron chi connectivity index (χ2n) is 4.53. The van der Waals surface area contributed by atoms with E-state index in [2.05, 4.69) is 5.32 Å². The molecule has 2 rings (SSSR count). The zero-order valence-corrected chi connectivity index (χ0v) is 11.8. The summed E-state index contributed by atoms with van der Waals surface area (Å²) in [7, 11) is 0. The van der Waals surface area contributed by atoms with Crippen LogP contribution in [0.3, 0.4) is 0 Å². The molecule has 1 saturated heterocycles. The van der Waals surface area contributed by atoms with Crippen molar-refractivity contribution >= 4 is 29.1 Å². The number of benzene rings is 1. The summed E-state index contributed by atoms with van der Waals surface area (Å²) in [4.78, 5) is 14.3. The molecule has 0 aromatic heterocycles. The first-order chi connectivity index (χ1) is 8.59. The van der Waals surface area contributed by atoms with Crippen molar-refractivity contribution in [1.29, 1.82) is 0 Å². The molecule has 3 nitrogen and oxygen atoms in total. The Morgan fingerprint density at radius 2 is 2.17 bits per heavy atom. The van der Waals surface area contributed by atoms with Crippen molar-refractivity contribution in [2.75, 3.05) is 19.6 Å². The molecular formula is C13H16Cl2N2O. The molecule has 1 aliphatic heterocycles. The van der Waals surface area contributed by atoms with Gasteiger partial charge in [-0.15, -0.1) is 0 Å². The smallest absolute Gasteiger partial charge is 0.254 e. The molecule has 0 radical (unpaired) electrons. The molecule has 1 aromatic carbocycles. The number of nitrogens with zero attached hydrogens (tertiary/aromatic N) is 1. The summed E-state index contributed by atoms with van der Waals surface area (Å²) >= 11 is 11.8. The van der Waals surface area contributed by atoms with Gasteiger partial charge in [0.2, 0.25) is 0 Å². The van der Waals surface area contributed by atoms with Crippen LogP contribution in [0.2, 0.25) is 10.0 Å². The Morgan fingerprint density at radius 1 is 1.39 bits per heavy atom. The average molecular weight is 287 g/mol. The van der Waals surface area contributed by atoms with Crippen LogP contribution < -0.4 is 5.32 Å². The van der Waals surface area contributed by atoms with Gasteiger partial charge >= 0.3 is 0 Å². The van der Waals surface area contributed by atoms with Gasteiger partial charge in [-0.05, 0) is 38.1 Å². The summed E-state index contributed by atoms with van der Waals surface area (Å²) in [5.41, 5.74) is 0.596. The van der Waals surface area contributed by atoms with Gasteiger partial charge < -0.3 is 10.2 Å². The van der Waals surface area contributed by atoms with Gasteiger partial charge in [-0.2, -0.15) is 0 Å². The maximum Gasteiger partial charge on any atom is 0.254 e. The van der Waals surface area contributed by atoms with E-state index in [1.165, 1.54) is 0 Å². The van der Waals surface area contributed by atoms with E-state index >= 15 is 0 Å². The van der Waals surface area contributed by atoms with Crippen molar-refractivity contribution in [3.05, 3.63) is 33.8 Å². The molecule has 1 fully saturated rings. The normalized spacial score (nSPS) is 20.6. The predicted octanol–water partition coefficient (Wildman–Crippen LogP) is 2.82. The topological polar surface area (TPSA) is 32.3 Å². The van der Waals surface area contributed by atoms with E-state index in [-0.39, 0.29) is 11.9 Å². The Morgan fingerprint density at radius 3 is 2.89 bits per heavy atom. The fourth-order valence-corrected chi connectivity index (χ4v) is 2.41. The minimum absolute atomic E-state index is 0.0183. The van der Waals surface area contributed by atoms with E-state index in [0.717, 1.165) is 26.1 Å². The maximum absolute atomic E-state index is 12.4. The summed E-state index contributed by atoms with van der Waals surface area (Å²) in [5, 5.41) is 4.20. The van der Waals surface area contributed by atoms with E-state index in [9.17, 15) is 4.79 Å². The molecular weight excluding hydrogens is 271 g/mol. The zero-order valence-electron chi connectivity index (χ0n) is 10.2. The van der Waals surface area contributed by atoms with Gasteiger partial charge in [0, 0.05) is 24.7 Å². The van der Waals surface area contributed by atoms with E-state index in [4.69, 9.17) is 23.2 Å². The second-order valence-corrected chi connectivity index (χ2v) is 5.35. The molecule has 1 N–H and O–H groups in total. The average Bonchev–Trinajstić information content (AvgIpc) is 2.56. The number of amides is 1. The first kappa shape index (κ1) is 13.7. The number of nitrogens with one attached hydrogen (secondary N) is 1. The minimum Gasteiger partial charge on any atom is -0.335 e. The molecule has 98 valence electrons. The minimum atomic E-state index is 0.0183. The Balaban J connectivity index is 2.21. The molecule has 1 amide bonds. The molecule has 1 aliphatic rings. The Kier molecular flexibility index (Phi) is 4.49. The van der Waals surface area contributed by atoms with Gasteiger partial charge in [-0.1, -0.05) is 23.2 Å². The van der Waals surface area contributed by atoms with Gasteiger partial charge in [0.15, 0.2) is 0 Å². The summed E-state index contributed by atoms with van der Waals surface area (Å²) in [5.74, 6) is 0.0183. The highest BCUT2D eigenvalue weighted by atomic mass is 35.5. The van der Waals surface area contributed by atoms with E-state index in [1.807, 2.05) is 11.8 Å². The largest absolute Gasteiger partial charge is 0.335 e. The monoisotopic (exact) mass is 286 g/mol. The third-order valence-electron chi connectivity index (χ3n) is 3.15. The van der Waals surface area contributed by atoms with Gasteiger partial charge in [0.05, 0.1) is 10.0 Å². The summed E-state index contributed by atoms with van der Waals surface area (Å²) in [6.07, 6.45) is 0.970. The predicted molar refractivity (Wildman–Crippen MR) is 74.4 cm³/mol. The van der Waals surface area contributed by atoms with Gasteiger partial charge in [-0.3, -0.25) is 4.79 Å². The standard InChI is InChI=1S/C13H16Cl2N2O/c1-9-8-16-5-2-6-17(9)13(18)10-3-4-11(14)12(15)7-10/h3-4,7,9,16H,2,5-6,8H2,1H3. The fraction of sp³-hybridized carbons (Fsp3) is 0.462. The van der Waals surface area contributed by atoms with Crippen molar-refractivity contribution in [2.45, 2.75) is 19.4 Å². The first-order valence-corrected chi connectivity index (χ1v) is 6.82. The number of rotatable bonds is 1. The number of hydrogen-bond acceptors (Lipinski definition) is 2. The fourth-order valence-electron chi connectivity index (χ4n) is 2.11. The van der Waals surface area contributed by atoms with Crippen LogP contribution in [-0.4, -0.2) is 36.5 Å². The zero-order chi connectivity index (χ0) is 13.1. The number of carbonyl (C=O) groups is 1. The second kappa shape index (κ2) is 5.91. The SMILES string of the molecule is CC1CNCCCN1C(=O)c1ccc(Cl)c(Cl)c1. The lowest BCUT2D eigenvalue weighted by molar-refractivity contribution is 0.0707. The molecule has 1 atom stereocenters. The molecule has 18 heavy (non-hydrogen) atoms. The van der Waals surface area contributed by atoms with Crippen LogP contribution in [0.25, 0.3) is 0 Å². The summed E-state index contributed by atoms with van der Waals surface area (Å²) in [6, 6.07) is 5.21. The molecule has 0 saturated carbocycles. The Labute approximate surface area is 117 Å². The molecule has 0 spiro atoms. The van der Waals surface area contributed by atoms with Gasteiger partial charge in [0.1, 0.15) is 0 Å². The van der Waals surface area contributed by atoms with Crippen LogP contribution in [0.1, 0.15) is 23.7 Å². The summed E-state index contributed by atoms with van der Waals surface area (Å²) < 4.78 is 0. The third kappa shape index (κ3) is 2.97. The van der Waals surface area contributed by atoms with Crippen LogP contribution in [0, 0.1) is 0 Å². The molecule has 1 heterocycles. The number of hydrogen-bond donors (Lipinski definition) is 1. The van der Waals surface area contributed by atoms with Crippen molar-refractivity contribution in [3.8, 4) is 0 Å². The molecule has 0 aliphatic carbocycles. The molecule has 5 heteroatoms. The van der Waals surface area contributed by atoms with Crippen molar-refractivity contribution < 1.29 is 4.79 Å².